The molecule has 0 aromatic heterocycles. The first-order valence-electron chi connectivity index (χ1n) is 30.0. The zero-order valence-electron chi connectivity index (χ0n) is 47.4. The van der Waals surface area contributed by atoms with E-state index in [-0.39, 0.29) is 37.5 Å². The van der Waals surface area contributed by atoms with Crippen LogP contribution in [0.2, 0.25) is 0 Å². The van der Waals surface area contributed by atoms with Crippen LogP contribution >= 0.6 is 0 Å². The SMILES string of the molecule is CC/C=C\C/C=C\C/C=C\C/C=C\C/C=C\C/C=C\C/C=C\CCCC(=O)OCC(COC(=O)CCCCCCC/C=C\C/C=C\C/C=C\CC)OC(=O)CCCCCCCCCCCCCCCCCCC. The summed E-state index contributed by atoms with van der Waals surface area (Å²) in [7, 11) is 0. The zero-order chi connectivity index (χ0) is 52.9. The topological polar surface area (TPSA) is 78.9 Å². The van der Waals surface area contributed by atoms with Gasteiger partial charge in [-0.05, 0) is 103 Å². The van der Waals surface area contributed by atoms with Crippen LogP contribution in [0.15, 0.2) is 122 Å². The molecule has 0 N–H and O–H groups in total. The maximum absolute atomic E-state index is 12.9. The van der Waals surface area contributed by atoms with E-state index >= 15 is 0 Å². The highest BCUT2D eigenvalue weighted by Gasteiger charge is 2.19. The van der Waals surface area contributed by atoms with Gasteiger partial charge in [0, 0.05) is 19.3 Å². The number of carbonyl (C=O) groups is 3. The summed E-state index contributed by atoms with van der Waals surface area (Å²) >= 11 is 0. The predicted molar refractivity (Wildman–Crippen MR) is 316 cm³/mol. The quantitative estimate of drug-likeness (QED) is 0.0261. The molecule has 73 heavy (non-hydrogen) atoms. The molecule has 0 aromatic rings. The number of unbranched alkanes of at least 4 members (excludes halogenated alkanes) is 22. The van der Waals surface area contributed by atoms with Crippen molar-refractivity contribution in [3.63, 3.8) is 0 Å². The van der Waals surface area contributed by atoms with Crippen LogP contribution in [-0.4, -0.2) is 37.2 Å². The number of rotatable bonds is 53. The van der Waals surface area contributed by atoms with Crippen molar-refractivity contribution in [1.82, 2.24) is 0 Å². The van der Waals surface area contributed by atoms with Gasteiger partial charge in [0.2, 0.25) is 0 Å². The maximum Gasteiger partial charge on any atom is 0.306 e. The molecule has 0 heterocycles. The first kappa shape index (κ1) is 68.8. The molecule has 0 aliphatic rings. The Labute approximate surface area is 450 Å². The Kier molecular flexibility index (Phi) is 56.9. The van der Waals surface area contributed by atoms with Crippen molar-refractivity contribution in [3.05, 3.63) is 122 Å². The van der Waals surface area contributed by atoms with Crippen LogP contribution < -0.4 is 0 Å². The number of hydrogen-bond donors (Lipinski definition) is 0. The third kappa shape index (κ3) is 58.6. The highest BCUT2D eigenvalue weighted by Crippen LogP contribution is 2.16. The van der Waals surface area contributed by atoms with Crippen LogP contribution in [0.1, 0.15) is 265 Å². The number of hydrogen-bond acceptors (Lipinski definition) is 6. The third-order valence-electron chi connectivity index (χ3n) is 12.5. The Morgan fingerprint density at radius 3 is 0.890 bits per heavy atom. The third-order valence-corrected chi connectivity index (χ3v) is 12.5. The molecule has 0 aliphatic heterocycles. The molecule has 0 spiro atoms. The lowest BCUT2D eigenvalue weighted by atomic mass is 10.0. The van der Waals surface area contributed by atoms with E-state index < -0.39 is 6.10 Å². The maximum atomic E-state index is 12.9. The molecular formula is C67H110O6. The van der Waals surface area contributed by atoms with Gasteiger partial charge in [-0.25, -0.2) is 0 Å². The highest BCUT2D eigenvalue weighted by atomic mass is 16.6. The fraction of sp³-hybridized carbons (Fsp3) is 0.657. The van der Waals surface area contributed by atoms with Crippen LogP contribution in [0.4, 0.5) is 0 Å². The van der Waals surface area contributed by atoms with E-state index in [1.807, 2.05) is 0 Å². The lowest BCUT2D eigenvalue weighted by molar-refractivity contribution is -0.167. The first-order chi connectivity index (χ1) is 36.0. The molecule has 6 nitrogen and oxygen atoms in total. The summed E-state index contributed by atoms with van der Waals surface area (Å²) in [6.07, 6.45) is 83.4. The van der Waals surface area contributed by atoms with Crippen LogP contribution in [0.25, 0.3) is 0 Å². The van der Waals surface area contributed by atoms with Gasteiger partial charge in [0.1, 0.15) is 13.2 Å². The minimum atomic E-state index is -0.811. The van der Waals surface area contributed by atoms with Crippen molar-refractivity contribution < 1.29 is 28.6 Å². The van der Waals surface area contributed by atoms with Crippen molar-refractivity contribution in [2.24, 2.45) is 0 Å². The zero-order valence-corrected chi connectivity index (χ0v) is 47.4. The second-order valence-corrected chi connectivity index (χ2v) is 19.5. The van der Waals surface area contributed by atoms with Gasteiger partial charge in [-0.2, -0.15) is 0 Å². The fourth-order valence-corrected chi connectivity index (χ4v) is 8.03. The number of ether oxygens (including phenoxy) is 3. The van der Waals surface area contributed by atoms with E-state index in [4.69, 9.17) is 14.2 Å². The Hall–Kier alpha value is -4.19. The summed E-state index contributed by atoms with van der Waals surface area (Å²) in [5, 5.41) is 0. The van der Waals surface area contributed by atoms with Crippen molar-refractivity contribution in [2.75, 3.05) is 13.2 Å². The van der Waals surface area contributed by atoms with Gasteiger partial charge in [0.25, 0.3) is 0 Å². The lowest BCUT2D eigenvalue weighted by Crippen LogP contribution is -2.30. The van der Waals surface area contributed by atoms with Gasteiger partial charge in [-0.3, -0.25) is 14.4 Å². The molecule has 0 radical (unpaired) electrons. The number of esters is 3. The van der Waals surface area contributed by atoms with Gasteiger partial charge in [0.15, 0.2) is 6.10 Å². The number of carbonyl (C=O) groups excluding carboxylic acids is 3. The molecule has 0 amide bonds. The molecule has 1 atom stereocenters. The second kappa shape index (κ2) is 60.4. The standard InChI is InChI=1S/C67H110O6/c1-4-7-10-13-16-19-22-25-28-30-31-32-33-34-35-37-39-42-45-48-51-54-57-60-66(69)72-63-64(62-71-65(68)59-56-53-50-47-44-41-38-27-24-21-18-15-12-9-6-3)73-67(70)61-58-55-52-49-46-43-40-36-29-26-23-20-17-14-11-8-5-2/h7,9-10,12,16,18-19,21,25,27-28,31-32,34-35,38-39,42,48,51,64H,4-6,8,11,13-15,17,20,22-24,26,29-30,33,36-37,40-41,43-47,49-50,52-63H2,1-3H3/b10-7-,12-9-,19-16-,21-18-,28-25-,32-31-,35-34-,38-27-,42-39-,51-48-. The van der Waals surface area contributed by atoms with Gasteiger partial charge in [0.05, 0.1) is 0 Å². The van der Waals surface area contributed by atoms with E-state index in [1.165, 1.54) is 89.9 Å². The normalized spacial score (nSPS) is 13.0. The van der Waals surface area contributed by atoms with E-state index in [0.29, 0.717) is 19.3 Å². The average molecular weight is 1010 g/mol. The first-order valence-corrected chi connectivity index (χ1v) is 30.0. The minimum Gasteiger partial charge on any atom is -0.462 e. The summed E-state index contributed by atoms with van der Waals surface area (Å²) in [6.45, 7) is 6.36. The summed E-state index contributed by atoms with van der Waals surface area (Å²) < 4.78 is 16.8. The average Bonchev–Trinajstić information content (AvgIpc) is 3.39. The van der Waals surface area contributed by atoms with Gasteiger partial charge in [-0.1, -0.05) is 264 Å². The van der Waals surface area contributed by atoms with E-state index in [2.05, 4.69) is 142 Å². The smallest absolute Gasteiger partial charge is 0.306 e. The molecule has 0 bridgehead atoms. The predicted octanol–water partition coefficient (Wildman–Crippen LogP) is 20.4. The molecule has 0 aromatic carbocycles. The molecule has 1 unspecified atom stereocenters. The van der Waals surface area contributed by atoms with Crippen molar-refractivity contribution >= 4 is 17.9 Å². The van der Waals surface area contributed by atoms with Crippen LogP contribution in [0, 0.1) is 0 Å². The van der Waals surface area contributed by atoms with E-state index in [0.717, 1.165) is 128 Å². The lowest BCUT2D eigenvalue weighted by Gasteiger charge is -2.18. The van der Waals surface area contributed by atoms with Gasteiger partial charge in [-0.15, -0.1) is 0 Å². The van der Waals surface area contributed by atoms with Crippen LogP contribution in [0.5, 0.6) is 0 Å². The molecule has 414 valence electrons. The molecule has 0 fully saturated rings. The molecule has 0 saturated heterocycles. The van der Waals surface area contributed by atoms with Crippen LogP contribution in [0.3, 0.4) is 0 Å². The summed E-state index contributed by atoms with van der Waals surface area (Å²) in [6, 6.07) is 0. The fourth-order valence-electron chi connectivity index (χ4n) is 8.03. The Morgan fingerprint density at radius 1 is 0.288 bits per heavy atom. The largest absolute Gasteiger partial charge is 0.462 e. The molecule has 0 saturated carbocycles. The summed E-state index contributed by atoms with van der Waals surface area (Å²) in [4.78, 5) is 38.2. The number of allylic oxidation sites excluding steroid dienone is 20. The summed E-state index contributed by atoms with van der Waals surface area (Å²) in [5.74, 6) is -0.979. The molecule has 6 heteroatoms. The second-order valence-electron chi connectivity index (χ2n) is 19.5. The monoisotopic (exact) mass is 1010 g/mol. The van der Waals surface area contributed by atoms with Crippen LogP contribution in [-0.2, 0) is 28.6 Å². The van der Waals surface area contributed by atoms with Crippen molar-refractivity contribution in [2.45, 2.75) is 271 Å². The van der Waals surface area contributed by atoms with E-state index in [1.54, 1.807) is 0 Å². The Bertz CT molecular complexity index is 1540. The van der Waals surface area contributed by atoms with Gasteiger partial charge < -0.3 is 14.2 Å². The van der Waals surface area contributed by atoms with Crippen molar-refractivity contribution in [1.29, 1.82) is 0 Å². The highest BCUT2D eigenvalue weighted by molar-refractivity contribution is 5.71. The van der Waals surface area contributed by atoms with E-state index in [9.17, 15) is 14.4 Å². The molecular weight excluding hydrogens is 901 g/mol. The summed E-state index contributed by atoms with van der Waals surface area (Å²) in [5.41, 5.74) is 0. The Balaban J connectivity index is 4.49. The van der Waals surface area contributed by atoms with Gasteiger partial charge >= 0.3 is 17.9 Å². The molecule has 0 aliphatic carbocycles. The van der Waals surface area contributed by atoms with Crippen molar-refractivity contribution in [3.8, 4) is 0 Å². The Morgan fingerprint density at radius 2 is 0.548 bits per heavy atom. The molecule has 0 rings (SSSR count). The minimum absolute atomic E-state index is 0.106.